The lowest BCUT2D eigenvalue weighted by Crippen LogP contribution is -2.35. The summed E-state index contributed by atoms with van der Waals surface area (Å²) in [4.78, 5) is 9.15. The maximum Gasteiger partial charge on any atom is 0.137 e. The van der Waals surface area contributed by atoms with Crippen LogP contribution in [0.2, 0.25) is 0 Å². The van der Waals surface area contributed by atoms with Gasteiger partial charge >= 0.3 is 0 Å². The van der Waals surface area contributed by atoms with Crippen LogP contribution in [-0.2, 0) is 6.42 Å². The first-order chi connectivity index (χ1) is 15.9. The van der Waals surface area contributed by atoms with Gasteiger partial charge in [-0.05, 0) is 54.6 Å². The highest BCUT2D eigenvalue weighted by atomic mass is 16.5. The van der Waals surface area contributed by atoms with Crippen molar-refractivity contribution in [2.45, 2.75) is 38.1 Å². The molecule has 3 aromatic rings. The van der Waals surface area contributed by atoms with Crippen molar-refractivity contribution in [3.05, 3.63) is 90.0 Å². The molecule has 0 bridgehead atoms. The number of hydrogen-bond donors (Lipinski definition) is 1. The van der Waals surface area contributed by atoms with Crippen molar-refractivity contribution in [1.82, 2.24) is 15.3 Å². The highest BCUT2D eigenvalue weighted by molar-refractivity contribution is 5.91. The van der Waals surface area contributed by atoms with Crippen molar-refractivity contribution >= 4 is 11.6 Å². The van der Waals surface area contributed by atoms with Crippen LogP contribution in [0, 0.1) is 0 Å². The predicted molar refractivity (Wildman–Crippen MR) is 130 cm³/mol. The van der Waals surface area contributed by atoms with E-state index >= 15 is 0 Å². The van der Waals surface area contributed by atoms with Gasteiger partial charge in [-0.1, -0.05) is 55.0 Å². The van der Waals surface area contributed by atoms with E-state index in [4.69, 9.17) is 9.72 Å². The molecule has 1 aromatic carbocycles. The van der Waals surface area contributed by atoms with Crippen molar-refractivity contribution in [3.8, 4) is 16.9 Å². The summed E-state index contributed by atoms with van der Waals surface area (Å²) in [5.74, 6) is 0.932. The largest absolute Gasteiger partial charge is 0.492 e. The monoisotopic (exact) mass is 423 g/mol. The van der Waals surface area contributed by atoms with Crippen LogP contribution in [0.25, 0.3) is 22.8 Å². The Morgan fingerprint density at radius 1 is 1.00 bits per heavy atom. The molecule has 4 heteroatoms. The Hall–Kier alpha value is -3.24. The summed E-state index contributed by atoms with van der Waals surface area (Å²) in [6.07, 6.45) is 17.9. The van der Waals surface area contributed by atoms with Crippen LogP contribution < -0.4 is 10.1 Å². The Labute approximate surface area is 190 Å². The van der Waals surface area contributed by atoms with Gasteiger partial charge in [0.25, 0.3) is 0 Å². The quantitative estimate of drug-likeness (QED) is 0.552. The number of fused-ring (bicyclic) bond motifs is 1. The summed E-state index contributed by atoms with van der Waals surface area (Å²) in [7, 11) is 0. The molecule has 0 amide bonds. The minimum atomic E-state index is 0.549. The molecule has 32 heavy (non-hydrogen) atoms. The van der Waals surface area contributed by atoms with Gasteiger partial charge in [0.2, 0.25) is 0 Å². The minimum Gasteiger partial charge on any atom is -0.492 e. The maximum atomic E-state index is 6.56. The Kier molecular flexibility index (Phi) is 6.40. The SMILES string of the molecule is C1=CC(c2cccnc2)=Cc2c(ncc(-c3ccccc3)c2OCCC2CCCCN2)C1. The van der Waals surface area contributed by atoms with Crippen LogP contribution in [0.3, 0.4) is 0 Å². The zero-order valence-electron chi connectivity index (χ0n) is 18.3. The fraction of sp³-hybridized carbons (Fsp3) is 0.286. The van der Waals surface area contributed by atoms with Gasteiger partial charge in [-0.25, -0.2) is 0 Å². The highest BCUT2D eigenvalue weighted by Crippen LogP contribution is 2.38. The Balaban J connectivity index is 1.53. The predicted octanol–water partition coefficient (Wildman–Crippen LogP) is 5.71. The summed E-state index contributed by atoms with van der Waals surface area (Å²) in [6.45, 7) is 1.81. The lowest BCUT2D eigenvalue weighted by molar-refractivity contribution is 0.268. The number of aromatic nitrogens is 2. The van der Waals surface area contributed by atoms with E-state index in [1.165, 1.54) is 19.3 Å². The molecule has 1 saturated heterocycles. The van der Waals surface area contributed by atoms with Crippen LogP contribution in [0.15, 0.2) is 73.2 Å². The first-order valence-electron chi connectivity index (χ1n) is 11.6. The molecule has 2 aromatic heterocycles. The Bertz CT molecular complexity index is 1100. The zero-order chi connectivity index (χ0) is 21.6. The van der Waals surface area contributed by atoms with Gasteiger partial charge in [-0.3, -0.25) is 9.97 Å². The molecule has 0 saturated carbocycles. The fourth-order valence-electron chi connectivity index (χ4n) is 4.52. The van der Waals surface area contributed by atoms with Crippen LogP contribution >= 0.6 is 0 Å². The summed E-state index contributed by atoms with van der Waals surface area (Å²) in [5, 5.41) is 3.63. The summed E-state index contributed by atoms with van der Waals surface area (Å²) in [6, 6.07) is 15.0. The third kappa shape index (κ3) is 4.66. The van der Waals surface area contributed by atoms with E-state index in [0.29, 0.717) is 12.6 Å². The molecule has 1 fully saturated rings. The van der Waals surface area contributed by atoms with Gasteiger partial charge in [-0.15, -0.1) is 0 Å². The van der Waals surface area contributed by atoms with E-state index in [2.05, 4.69) is 58.9 Å². The van der Waals surface area contributed by atoms with Gasteiger partial charge in [0, 0.05) is 42.2 Å². The number of nitrogens with one attached hydrogen (secondary N) is 1. The summed E-state index contributed by atoms with van der Waals surface area (Å²) < 4.78 is 6.56. The molecular formula is C28H29N3O. The van der Waals surface area contributed by atoms with Crippen LogP contribution in [0.4, 0.5) is 0 Å². The summed E-state index contributed by atoms with van der Waals surface area (Å²) >= 11 is 0. The standard InChI is InChI=1S/C28H29N3O/c1-2-8-21(9-3-1)26-20-31-27-13-6-10-22(23-11-7-15-29-19-23)18-25(27)28(26)32-17-14-24-12-4-5-16-30-24/h1-3,6-11,15,18-20,24,30H,4-5,12-14,16-17H2. The maximum absolute atomic E-state index is 6.56. The molecule has 2 aliphatic rings. The molecule has 1 N–H and O–H groups in total. The number of nitrogens with zero attached hydrogens (tertiary/aromatic N) is 2. The van der Waals surface area contributed by atoms with E-state index < -0.39 is 0 Å². The third-order valence-electron chi connectivity index (χ3n) is 6.26. The summed E-state index contributed by atoms with van der Waals surface area (Å²) in [5.41, 5.74) is 6.52. The number of allylic oxidation sites excluding steroid dienone is 3. The molecule has 1 aliphatic carbocycles. The Morgan fingerprint density at radius 2 is 1.91 bits per heavy atom. The van der Waals surface area contributed by atoms with E-state index in [9.17, 15) is 0 Å². The van der Waals surface area contributed by atoms with E-state index in [-0.39, 0.29) is 0 Å². The molecule has 1 unspecified atom stereocenters. The smallest absolute Gasteiger partial charge is 0.137 e. The lowest BCUT2D eigenvalue weighted by Gasteiger charge is -2.24. The van der Waals surface area contributed by atoms with Crippen molar-refractivity contribution in [2.75, 3.05) is 13.2 Å². The molecular weight excluding hydrogens is 394 g/mol. The van der Waals surface area contributed by atoms with Crippen molar-refractivity contribution in [1.29, 1.82) is 0 Å². The van der Waals surface area contributed by atoms with Crippen molar-refractivity contribution in [3.63, 3.8) is 0 Å². The number of rotatable bonds is 6. The molecule has 0 radical (unpaired) electrons. The van der Waals surface area contributed by atoms with Gasteiger partial charge < -0.3 is 10.1 Å². The fourth-order valence-corrected chi connectivity index (χ4v) is 4.52. The van der Waals surface area contributed by atoms with Crippen LogP contribution in [0.1, 0.15) is 42.5 Å². The third-order valence-corrected chi connectivity index (χ3v) is 6.26. The number of ether oxygens (including phenoxy) is 1. The number of piperidine rings is 1. The van der Waals surface area contributed by atoms with Gasteiger partial charge in [0.1, 0.15) is 5.75 Å². The van der Waals surface area contributed by atoms with Crippen LogP contribution in [-0.4, -0.2) is 29.2 Å². The molecule has 4 nitrogen and oxygen atoms in total. The average molecular weight is 424 g/mol. The number of pyridine rings is 2. The normalized spacial score (nSPS) is 17.9. The van der Waals surface area contributed by atoms with Crippen molar-refractivity contribution < 1.29 is 4.74 Å². The minimum absolute atomic E-state index is 0.549. The topological polar surface area (TPSA) is 47.0 Å². The lowest BCUT2D eigenvalue weighted by atomic mass is 9.99. The molecule has 5 rings (SSSR count). The van der Waals surface area contributed by atoms with Gasteiger partial charge in [0.15, 0.2) is 0 Å². The average Bonchev–Trinajstić information content (AvgIpc) is 3.09. The van der Waals surface area contributed by atoms with E-state index in [1.54, 1.807) is 6.20 Å². The van der Waals surface area contributed by atoms with E-state index in [1.807, 2.05) is 24.5 Å². The number of benzene rings is 1. The second-order valence-corrected chi connectivity index (χ2v) is 8.46. The van der Waals surface area contributed by atoms with Crippen LogP contribution in [0.5, 0.6) is 5.75 Å². The molecule has 1 aliphatic heterocycles. The highest BCUT2D eigenvalue weighted by Gasteiger charge is 2.19. The van der Waals surface area contributed by atoms with Gasteiger partial charge in [-0.2, -0.15) is 0 Å². The van der Waals surface area contributed by atoms with Crippen molar-refractivity contribution in [2.24, 2.45) is 0 Å². The molecule has 1 atom stereocenters. The molecule has 162 valence electrons. The Morgan fingerprint density at radius 3 is 2.72 bits per heavy atom. The molecule has 0 spiro atoms. The first kappa shape index (κ1) is 20.7. The zero-order valence-corrected chi connectivity index (χ0v) is 18.3. The van der Waals surface area contributed by atoms with Gasteiger partial charge in [0.05, 0.1) is 12.3 Å². The second kappa shape index (κ2) is 9.92. The number of hydrogen-bond acceptors (Lipinski definition) is 4. The van der Waals surface area contributed by atoms with E-state index in [0.717, 1.165) is 58.7 Å². The molecule has 3 heterocycles. The first-order valence-corrected chi connectivity index (χ1v) is 11.6. The second-order valence-electron chi connectivity index (χ2n) is 8.46.